The first kappa shape index (κ1) is 14.8. The molecule has 4 nitrogen and oxygen atoms in total. The average Bonchev–Trinajstić information content (AvgIpc) is 2.21. The molecular formula is C9H7ClN2O2-2. The van der Waals surface area contributed by atoms with Gasteiger partial charge in [0.1, 0.15) is 0 Å². The van der Waals surface area contributed by atoms with E-state index in [1.54, 1.807) is 0 Å². The lowest BCUT2D eigenvalue weighted by atomic mass is 10.2. The smallest absolute Gasteiger partial charge is 0.0474 e. The summed E-state index contributed by atoms with van der Waals surface area (Å²) in [6.45, 7) is 0. The summed E-state index contributed by atoms with van der Waals surface area (Å²) in [6.07, 6.45) is 1.00. The van der Waals surface area contributed by atoms with Gasteiger partial charge >= 0.3 is 0 Å². The second kappa shape index (κ2) is 13.8. The number of nitrogens with zero attached hydrogens (tertiary/aromatic N) is 2. The van der Waals surface area contributed by atoms with Crippen LogP contribution >= 0.6 is 11.6 Å². The highest BCUT2D eigenvalue weighted by molar-refractivity contribution is 6.17. The van der Waals surface area contributed by atoms with Crippen molar-refractivity contribution in [2.75, 3.05) is 0 Å². The summed E-state index contributed by atoms with van der Waals surface area (Å²) in [5.74, 6) is 0.612. The lowest BCUT2D eigenvalue weighted by molar-refractivity contribution is 0.568. The third kappa shape index (κ3) is 12.9. The molecule has 0 amide bonds. The van der Waals surface area contributed by atoms with Crippen LogP contribution in [0.4, 0.5) is 0 Å². The van der Waals surface area contributed by atoms with Crippen LogP contribution in [-0.2, 0) is 15.5 Å². The van der Waals surface area contributed by atoms with E-state index < -0.39 is 0 Å². The van der Waals surface area contributed by atoms with Crippen LogP contribution in [0.15, 0.2) is 30.3 Å². The molecule has 1 aromatic carbocycles. The Kier molecular flexibility index (Phi) is 14.6. The number of carbonyl (C=O) groups excluding carboxylic acids is 2. The van der Waals surface area contributed by atoms with Crippen molar-refractivity contribution in [1.82, 2.24) is 0 Å². The van der Waals surface area contributed by atoms with Crippen molar-refractivity contribution in [3.8, 4) is 0 Å². The maximum absolute atomic E-state index is 8.24. The van der Waals surface area contributed by atoms with Gasteiger partial charge in [0.2, 0.25) is 0 Å². The maximum Gasteiger partial charge on any atom is 0.0474 e. The summed E-state index contributed by atoms with van der Waals surface area (Å²) in [5, 5.41) is 13.5. The van der Waals surface area contributed by atoms with Crippen LogP contribution in [0.25, 0.3) is 10.8 Å². The Morgan fingerprint density at radius 1 is 1.07 bits per heavy atom. The number of benzene rings is 1. The van der Waals surface area contributed by atoms with Gasteiger partial charge in [-0.05, 0) is 17.7 Å². The van der Waals surface area contributed by atoms with Gasteiger partial charge < -0.3 is 10.8 Å². The Morgan fingerprint density at radius 3 is 1.64 bits per heavy atom. The van der Waals surface area contributed by atoms with Gasteiger partial charge in [-0.2, -0.15) is 0 Å². The molecule has 1 aromatic rings. The van der Waals surface area contributed by atoms with Gasteiger partial charge in [-0.15, -0.1) is 11.6 Å². The summed E-state index contributed by atoms with van der Waals surface area (Å²) >= 11 is 5.53. The second-order valence-corrected chi connectivity index (χ2v) is 2.07. The summed E-state index contributed by atoms with van der Waals surface area (Å²) in [7, 11) is 0. The minimum atomic E-state index is 0.500. The molecule has 0 spiro atoms. The lowest BCUT2D eigenvalue weighted by Crippen LogP contribution is -1.71. The van der Waals surface area contributed by atoms with Gasteiger partial charge in [0.15, 0.2) is 0 Å². The predicted molar refractivity (Wildman–Crippen MR) is 54.1 cm³/mol. The fourth-order valence-electron chi connectivity index (χ4n) is 0.567. The third-order valence-electron chi connectivity index (χ3n) is 0.997. The molecule has 0 aliphatic rings. The van der Waals surface area contributed by atoms with E-state index in [9.17, 15) is 0 Å². The normalized spacial score (nSPS) is 6.36. The van der Waals surface area contributed by atoms with E-state index >= 15 is 0 Å². The van der Waals surface area contributed by atoms with E-state index in [0.29, 0.717) is 18.0 Å². The number of hydrogen-bond acceptors (Lipinski definition) is 2. The molecule has 0 atom stereocenters. The predicted octanol–water partition coefficient (Wildman–Crippen LogP) is 2.21. The summed E-state index contributed by atoms with van der Waals surface area (Å²) in [6, 6.07) is 9.96. The lowest BCUT2D eigenvalue weighted by Gasteiger charge is -1.88. The first-order valence-electron chi connectivity index (χ1n) is 3.39. The van der Waals surface area contributed by atoms with Crippen molar-refractivity contribution < 1.29 is 9.59 Å². The van der Waals surface area contributed by atoms with Crippen molar-refractivity contribution in [3.63, 3.8) is 0 Å². The van der Waals surface area contributed by atoms with Crippen LogP contribution in [0.3, 0.4) is 0 Å². The number of alkyl halides is 1. The molecule has 0 bridgehead atoms. The van der Waals surface area contributed by atoms with Crippen molar-refractivity contribution >= 4 is 23.8 Å². The fraction of sp³-hybridized carbons (Fsp3) is 0.111. The van der Waals surface area contributed by atoms with Crippen molar-refractivity contribution in [3.05, 3.63) is 46.7 Å². The Hall–Kier alpha value is -1.73. The Morgan fingerprint density at radius 2 is 1.43 bits per heavy atom. The molecule has 1 rings (SSSR count). The molecule has 0 aliphatic carbocycles. The van der Waals surface area contributed by atoms with Crippen molar-refractivity contribution in [2.45, 2.75) is 5.88 Å². The van der Waals surface area contributed by atoms with Gasteiger partial charge in [0, 0.05) is 5.88 Å². The van der Waals surface area contributed by atoms with E-state index in [0.717, 1.165) is 0 Å². The van der Waals surface area contributed by atoms with Crippen LogP contribution in [-0.4, -0.2) is 12.2 Å². The quantitative estimate of drug-likeness (QED) is 0.405. The molecule has 0 N–H and O–H groups in total. The number of hydrogen-bond donors (Lipinski definition) is 0. The van der Waals surface area contributed by atoms with Gasteiger partial charge in [0.05, 0.1) is 0 Å². The van der Waals surface area contributed by atoms with Gasteiger partial charge in [-0.25, -0.2) is 0 Å². The monoisotopic (exact) mass is 210 g/mol. The molecule has 74 valence electrons. The zero-order valence-corrected chi connectivity index (χ0v) is 7.94. The van der Waals surface area contributed by atoms with Crippen molar-refractivity contribution in [1.29, 1.82) is 0 Å². The van der Waals surface area contributed by atoms with Gasteiger partial charge in [0.25, 0.3) is 0 Å². The summed E-state index contributed by atoms with van der Waals surface area (Å²) < 4.78 is 0. The molecule has 0 heterocycles. The van der Waals surface area contributed by atoms with Crippen LogP contribution in [0, 0.1) is 0 Å². The second-order valence-electron chi connectivity index (χ2n) is 1.80. The first-order chi connectivity index (χ1) is 6.76. The molecular weight excluding hydrogens is 204 g/mol. The third-order valence-corrected chi connectivity index (χ3v) is 1.31. The molecule has 0 fully saturated rings. The van der Waals surface area contributed by atoms with E-state index in [1.165, 1.54) is 5.56 Å². The standard InChI is InChI=1S/C7H7Cl.2CNO/c8-6-7-4-2-1-3-5-7;2*2-1-3/h1-5H,6H2;;/q;2*-1. The zero-order chi connectivity index (χ0) is 11.2. The number of rotatable bonds is 1. The van der Waals surface area contributed by atoms with Crippen molar-refractivity contribution in [2.24, 2.45) is 0 Å². The summed E-state index contributed by atoms with van der Waals surface area (Å²) in [5.41, 5.74) is 1.18. The molecule has 0 unspecified atom stereocenters. The largest absolute Gasteiger partial charge is 0.724 e. The Labute approximate surface area is 86.5 Å². The van der Waals surface area contributed by atoms with Gasteiger partial charge in [-0.1, -0.05) is 30.3 Å². The van der Waals surface area contributed by atoms with Crippen LogP contribution in [0.1, 0.15) is 5.56 Å². The molecule has 0 aliphatic heterocycles. The highest BCUT2D eigenvalue weighted by atomic mass is 35.5. The maximum atomic E-state index is 8.24. The Bertz CT molecular complexity index is 277. The van der Waals surface area contributed by atoms with E-state index in [2.05, 4.69) is 0 Å². The first-order valence-corrected chi connectivity index (χ1v) is 3.92. The minimum Gasteiger partial charge on any atom is -0.724 e. The average molecular weight is 211 g/mol. The molecule has 5 heteroatoms. The van der Waals surface area contributed by atoms with E-state index in [-0.39, 0.29) is 0 Å². The molecule has 0 aromatic heterocycles. The number of halogens is 1. The van der Waals surface area contributed by atoms with E-state index in [4.69, 9.17) is 32.0 Å². The topological polar surface area (TPSA) is 78.7 Å². The zero-order valence-electron chi connectivity index (χ0n) is 7.18. The highest BCUT2D eigenvalue weighted by Crippen LogP contribution is 2.00. The minimum absolute atomic E-state index is 0.500. The Balaban J connectivity index is 0. The SMILES string of the molecule is ClCc1ccccc1.[N-]=C=O.[N-]=C=O. The highest BCUT2D eigenvalue weighted by Gasteiger charge is 1.81. The van der Waals surface area contributed by atoms with Crippen LogP contribution in [0.2, 0.25) is 0 Å². The molecule has 14 heavy (non-hydrogen) atoms. The molecule has 0 saturated carbocycles. The fourth-order valence-corrected chi connectivity index (χ4v) is 0.745. The molecule has 0 saturated heterocycles. The van der Waals surface area contributed by atoms with Crippen LogP contribution in [0.5, 0.6) is 0 Å². The molecule has 0 radical (unpaired) electrons. The van der Waals surface area contributed by atoms with Gasteiger partial charge in [-0.3, -0.25) is 9.59 Å². The number of isocyanates is 2. The van der Waals surface area contributed by atoms with Crippen LogP contribution < -0.4 is 0 Å². The summed E-state index contributed by atoms with van der Waals surface area (Å²) in [4.78, 5) is 16.5. The van der Waals surface area contributed by atoms with E-state index in [1.807, 2.05) is 30.3 Å².